The number of H-pyrrole nitrogens is 1. The molecule has 0 bridgehead atoms. The van der Waals surface area contributed by atoms with Crippen LogP contribution >= 0.6 is 12.2 Å². The predicted octanol–water partition coefficient (Wildman–Crippen LogP) is 5.30. The maximum Gasteiger partial charge on any atom is 0.262 e. The van der Waals surface area contributed by atoms with Crippen LogP contribution in [-0.2, 0) is 6.54 Å². The van der Waals surface area contributed by atoms with Crippen LogP contribution in [0, 0.1) is 4.77 Å². The highest BCUT2D eigenvalue weighted by Crippen LogP contribution is 2.21. The van der Waals surface area contributed by atoms with Crippen LogP contribution in [-0.4, -0.2) is 15.5 Å². The molecule has 0 aliphatic rings. The summed E-state index contributed by atoms with van der Waals surface area (Å²) >= 11 is 5.29. The minimum absolute atomic E-state index is 0.0555. The van der Waals surface area contributed by atoms with Crippen LogP contribution in [0.25, 0.3) is 10.9 Å². The SMILES string of the molecule is C=CCn1c(=S)[nH]c2cc(C(=O)NC(CCCCC)c3ccccc3)ccc2c1=O. The number of amides is 1. The summed E-state index contributed by atoms with van der Waals surface area (Å²) in [5, 5.41) is 3.65. The van der Waals surface area contributed by atoms with Gasteiger partial charge in [-0.25, -0.2) is 0 Å². The van der Waals surface area contributed by atoms with Crippen LogP contribution in [0.5, 0.6) is 0 Å². The Kier molecular flexibility index (Phi) is 7.36. The third-order valence-electron chi connectivity index (χ3n) is 5.16. The number of nitrogens with one attached hydrogen (secondary N) is 2. The molecule has 5 nitrogen and oxygen atoms in total. The molecule has 0 radical (unpaired) electrons. The van der Waals surface area contributed by atoms with Crippen molar-refractivity contribution in [2.24, 2.45) is 0 Å². The van der Waals surface area contributed by atoms with Gasteiger partial charge in [0, 0.05) is 12.1 Å². The lowest BCUT2D eigenvalue weighted by atomic mass is 10.00. The first-order chi connectivity index (χ1) is 14.5. The summed E-state index contributed by atoms with van der Waals surface area (Å²) in [5.74, 6) is -0.170. The van der Waals surface area contributed by atoms with E-state index in [0.29, 0.717) is 27.8 Å². The van der Waals surface area contributed by atoms with Crippen LogP contribution in [0.2, 0.25) is 0 Å². The van der Waals surface area contributed by atoms with E-state index in [9.17, 15) is 9.59 Å². The first kappa shape index (κ1) is 21.7. The zero-order valence-electron chi connectivity index (χ0n) is 17.2. The highest BCUT2D eigenvalue weighted by molar-refractivity contribution is 7.71. The summed E-state index contributed by atoms with van der Waals surface area (Å²) in [6.45, 7) is 6.16. The van der Waals surface area contributed by atoms with Crippen molar-refractivity contribution in [3.63, 3.8) is 0 Å². The first-order valence-corrected chi connectivity index (χ1v) is 10.7. The summed E-state index contributed by atoms with van der Waals surface area (Å²) in [5.41, 5.74) is 1.95. The molecule has 1 atom stereocenters. The predicted molar refractivity (Wildman–Crippen MR) is 124 cm³/mol. The van der Waals surface area contributed by atoms with Gasteiger partial charge in [0.25, 0.3) is 11.5 Å². The van der Waals surface area contributed by atoms with E-state index < -0.39 is 0 Å². The van der Waals surface area contributed by atoms with Gasteiger partial charge in [0.2, 0.25) is 0 Å². The second-order valence-electron chi connectivity index (χ2n) is 7.33. The third kappa shape index (κ3) is 4.94. The lowest BCUT2D eigenvalue weighted by Gasteiger charge is -2.19. The molecule has 30 heavy (non-hydrogen) atoms. The standard InChI is InChI=1S/C24H27N3O2S/c1-3-5-7-12-20(17-10-8-6-9-11-17)25-22(28)18-13-14-19-21(16-18)26-24(30)27(15-4-2)23(19)29/h4,6,8-11,13-14,16,20H,2-3,5,7,12,15H2,1H3,(H,25,28)(H,26,30). The molecule has 2 N–H and O–H groups in total. The fraction of sp³-hybridized carbons (Fsp3) is 0.292. The van der Waals surface area contributed by atoms with Gasteiger partial charge in [0.15, 0.2) is 4.77 Å². The second-order valence-corrected chi connectivity index (χ2v) is 7.71. The first-order valence-electron chi connectivity index (χ1n) is 10.3. The number of rotatable bonds is 9. The van der Waals surface area contributed by atoms with E-state index in [1.165, 1.54) is 4.57 Å². The number of aromatic nitrogens is 2. The topological polar surface area (TPSA) is 66.9 Å². The number of nitrogens with zero attached hydrogens (tertiary/aromatic N) is 1. The lowest BCUT2D eigenvalue weighted by Crippen LogP contribution is -2.29. The molecule has 0 aliphatic heterocycles. The Balaban J connectivity index is 1.89. The van der Waals surface area contributed by atoms with Gasteiger partial charge < -0.3 is 10.3 Å². The highest BCUT2D eigenvalue weighted by atomic mass is 32.1. The zero-order valence-corrected chi connectivity index (χ0v) is 18.0. The van der Waals surface area contributed by atoms with Crippen molar-refractivity contribution in [3.05, 3.63) is 87.4 Å². The second kappa shape index (κ2) is 10.2. The van der Waals surface area contributed by atoms with Crippen LogP contribution in [0.1, 0.15) is 54.6 Å². The van der Waals surface area contributed by atoms with Gasteiger partial charge in [0.05, 0.1) is 16.9 Å². The maximum absolute atomic E-state index is 13.0. The molecule has 1 unspecified atom stereocenters. The summed E-state index contributed by atoms with van der Waals surface area (Å²) in [4.78, 5) is 28.7. The van der Waals surface area contributed by atoms with Gasteiger partial charge in [-0.2, -0.15) is 0 Å². The maximum atomic E-state index is 13.0. The van der Waals surface area contributed by atoms with E-state index in [2.05, 4.69) is 23.8 Å². The Morgan fingerprint density at radius 1 is 1.23 bits per heavy atom. The Labute approximate surface area is 181 Å². The molecule has 1 heterocycles. The molecule has 3 rings (SSSR count). The molecule has 6 heteroatoms. The number of hydrogen-bond acceptors (Lipinski definition) is 3. The average Bonchev–Trinajstić information content (AvgIpc) is 2.76. The molecule has 156 valence electrons. The van der Waals surface area contributed by atoms with Gasteiger partial charge in [-0.3, -0.25) is 14.2 Å². The summed E-state index contributed by atoms with van der Waals surface area (Å²) in [7, 11) is 0. The summed E-state index contributed by atoms with van der Waals surface area (Å²) in [6, 6.07) is 15.0. The van der Waals surface area contributed by atoms with Crippen molar-refractivity contribution in [1.29, 1.82) is 0 Å². The molecule has 1 aromatic heterocycles. The van der Waals surface area contributed by atoms with Crippen molar-refractivity contribution < 1.29 is 4.79 Å². The number of carbonyl (C=O) groups is 1. The van der Waals surface area contributed by atoms with E-state index in [0.717, 1.165) is 31.2 Å². The molecular formula is C24H27N3O2S. The number of carbonyl (C=O) groups excluding carboxylic acids is 1. The van der Waals surface area contributed by atoms with Crippen LogP contribution < -0.4 is 10.9 Å². The number of aromatic amines is 1. The van der Waals surface area contributed by atoms with Crippen LogP contribution in [0.4, 0.5) is 0 Å². The minimum Gasteiger partial charge on any atom is -0.345 e. The fourth-order valence-corrected chi connectivity index (χ4v) is 3.81. The van der Waals surface area contributed by atoms with Crippen molar-refractivity contribution in [3.8, 4) is 0 Å². The van der Waals surface area contributed by atoms with Crippen LogP contribution in [0.15, 0.2) is 66.0 Å². The number of benzene rings is 2. The van der Waals surface area contributed by atoms with E-state index in [-0.39, 0.29) is 17.5 Å². The molecule has 0 fully saturated rings. The molecule has 0 saturated carbocycles. The zero-order chi connectivity index (χ0) is 21.5. The van der Waals surface area contributed by atoms with Crippen molar-refractivity contribution in [1.82, 2.24) is 14.9 Å². The number of hydrogen-bond donors (Lipinski definition) is 2. The van der Waals surface area contributed by atoms with E-state index in [1.54, 1.807) is 24.3 Å². The molecule has 0 spiro atoms. The third-order valence-corrected chi connectivity index (χ3v) is 5.48. The van der Waals surface area contributed by atoms with E-state index in [4.69, 9.17) is 12.2 Å². The van der Waals surface area contributed by atoms with Gasteiger partial charge >= 0.3 is 0 Å². The monoisotopic (exact) mass is 421 g/mol. The van der Waals surface area contributed by atoms with E-state index >= 15 is 0 Å². The molecule has 0 saturated heterocycles. The smallest absolute Gasteiger partial charge is 0.262 e. The Morgan fingerprint density at radius 2 is 2.00 bits per heavy atom. The normalized spacial score (nSPS) is 11.9. The largest absolute Gasteiger partial charge is 0.345 e. The van der Waals surface area contributed by atoms with Crippen molar-refractivity contribution >= 4 is 29.0 Å². The molecule has 0 aliphatic carbocycles. The number of allylic oxidation sites excluding steroid dienone is 1. The molecule has 2 aromatic carbocycles. The summed E-state index contributed by atoms with van der Waals surface area (Å²) < 4.78 is 1.76. The average molecular weight is 422 g/mol. The van der Waals surface area contributed by atoms with Crippen molar-refractivity contribution in [2.45, 2.75) is 45.2 Å². The van der Waals surface area contributed by atoms with Gasteiger partial charge in [-0.05, 0) is 42.4 Å². The Hall–Kier alpha value is -2.99. The Bertz CT molecular complexity index is 1150. The molecule has 1 amide bonds. The minimum atomic E-state index is -0.192. The van der Waals surface area contributed by atoms with Crippen LogP contribution in [0.3, 0.4) is 0 Å². The quantitative estimate of drug-likeness (QED) is 0.280. The molecule has 3 aromatic rings. The van der Waals surface area contributed by atoms with Crippen molar-refractivity contribution in [2.75, 3.05) is 0 Å². The summed E-state index contributed by atoms with van der Waals surface area (Å²) in [6.07, 6.45) is 5.81. The number of unbranched alkanes of at least 4 members (excludes halogenated alkanes) is 2. The lowest BCUT2D eigenvalue weighted by molar-refractivity contribution is 0.0934. The van der Waals surface area contributed by atoms with Gasteiger partial charge in [-0.1, -0.05) is 62.6 Å². The fourth-order valence-electron chi connectivity index (χ4n) is 3.54. The number of fused-ring (bicyclic) bond motifs is 1. The highest BCUT2D eigenvalue weighted by Gasteiger charge is 2.16. The Morgan fingerprint density at radius 3 is 2.70 bits per heavy atom. The molecular weight excluding hydrogens is 394 g/mol. The van der Waals surface area contributed by atoms with Gasteiger partial charge in [-0.15, -0.1) is 6.58 Å². The van der Waals surface area contributed by atoms with Gasteiger partial charge in [0.1, 0.15) is 0 Å². The van der Waals surface area contributed by atoms with E-state index in [1.807, 2.05) is 30.3 Å².